The Labute approximate surface area is 309 Å². The highest BCUT2D eigenvalue weighted by molar-refractivity contribution is 6.43. The van der Waals surface area contributed by atoms with Crippen LogP contribution in [-0.2, 0) is 16.8 Å². The fraction of sp³-hybridized carbons (Fsp3) is 0.385. The summed E-state index contributed by atoms with van der Waals surface area (Å²) in [5.41, 5.74) is 2.89. The van der Waals surface area contributed by atoms with Crippen molar-refractivity contribution in [3.63, 3.8) is 0 Å². The van der Waals surface area contributed by atoms with E-state index in [1.54, 1.807) is 50.4 Å². The van der Waals surface area contributed by atoms with Crippen molar-refractivity contribution >= 4 is 51.1 Å². The molecule has 3 saturated heterocycles. The Morgan fingerprint density at radius 3 is 2.65 bits per heavy atom. The van der Waals surface area contributed by atoms with Crippen molar-refractivity contribution in [1.82, 2.24) is 24.8 Å². The average Bonchev–Trinajstić information content (AvgIpc) is 3.92. The zero-order valence-corrected chi connectivity index (χ0v) is 30.3. The molecule has 0 unspecified atom stereocenters. The van der Waals surface area contributed by atoms with E-state index in [0.717, 1.165) is 13.0 Å². The fourth-order valence-corrected chi connectivity index (χ4v) is 8.84. The lowest BCUT2D eigenvalue weighted by molar-refractivity contribution is 0.0739. The van der Waals surface area contributed by atoms with E-state index in [1.165, 1.54) is 12.0 Å². The Bertz CT molecular complexity index is 2290. The molecular weight excluding hydrogens is 709 g/mol. The van der Waals surface area contributed by atoms with Crippen molar-refractivity contribution < 1.29 is 23.4 Å². The first kappa shape index (κ1) is 34.7. The number of rotatable bonds is 7. The van der Waals surface area contributed by atoms with Crippen LogP contribution in [0.25, 0.3) is 44.2 Å². The molecule has 1 saturated carbocycles. The molecule has 3 aliphatic heterocycles. The topological polar surface area (TPSA) is 116 Å². The first-order chi connectivity index (χ1) is 24.9. The van der Waals surface area contributed by atoms with E-state index in [2.05, 4.69) is 20.9 Å². The maximum atomic E-state index is 17.5. The molecule has 4 fully saturated rings. The van der Waals surface area contributed by atoms with Gasteiger partial charge in [-0.25, -0.2) is 18.6 Å². The number of nitrogens with one attached hydrogen (secondary N) is 1. The lowest BCUT2D eigenvalue weighted by Gasteiger charge is -2.39. The predicted molar refractivity (Wildman–Crippen MR) is 195 cm³/mol. The number of hydrogen-bond acceptors (Lipinski definition) is 7. The zero-order chi connectivity index (χ0) is 36.6. The van der Waals surface area contributed by atoms with Gasteiger partial charge in [0.05, 0.1) is 58.8 Å². The smallest absolute Gasteiger partial charge is 0.410 e. The van der Waals surface area contributed by atoms with Gasteiger partial charge in [0.25, 0.3) is 0 Å². The average molecular weight is 746 g/mol. The molecule has 5 aromatic rings. The molecule has 2 aromatic carbocycles. The van der Waals surface area contributed by atoms with Gasteiger partial charge < -0.3 is 19.7 Å². The molecular formula is C39H36Cl2F2N6O3. The van der Waals surface area contributed by atoms with Crippen LogP contribution in [0.3, 0.4) is 0 Å². The van der Waals surface area contributed by atoms with Gasteiger partial charge in [-0.15, -0.1) is 0 Å². The Balaban J connectivity index is 1.50. The molecule has 5 atom stereocenters. The predicted octanol–water partition coefficient (Wildman–Crippen LogP) is 8.43. The summed E-state index contributed by atoms with van der Waals surface area (Å²) in [6.07, 6.45) is 1.11. The number of fused-ring (bicyclic) bond motifs is 4. The molecule has 0 radical (unpaired) electrons. The van der Waals surface area contributed by atoms with E-state index in [0.29, 0.717) is 50.1 Å². The van der Waals surface area contributed by atoms with E-state index in [-0.39, 0.29) is 64.9 Å². The van der Waals surface area contributed by atoms with Crippen LogP contribution in [0, 0.1) is 23.1 Å². The van der Waals surface area contributed by atoms with Gasteiger partial charge >= 0.3 is 6.09 Å². The minimum Gasteiger partial charge on any atom is -0.453 e. The van der Waals surface area contributed by atoms with Crippen molar-refractivity contribution in [2.75, 3.05) is 20.2 Å². The highest BCUT2D eigenvalue weighted by Crippen LogP contribution is 2.51. The number of hydrogen-bond donors (Lipinski definition) is 2. The lowest BCUT2D eigenvalue weighted by atomic mass is 9.79. The second-order valence-corrected chi connectivity index (χ2v) is 15.3. The van der Waals surface area contributed by atoms with Crippen molar-refractivity contribution in [2.45, 2.75) is 69.4 Å². The third-order valence-electron chi connectivity index (χ3n) is 10.9. The third-order valence-corrected chi connectivity index (χ3v) is 11.7. The molecule has 1 aliphatic carbocycles. The molecule has 3 aromatic heterocycles. The highest BCUT2D eigenvalue weighted by atomic mass is 35.5. The maximum Gasteiger partial charge on any atom is 0.410 e. The van der Waals surface area contributed by atoms with Crippen molar-refractivity contribution in [3.8, 4) is 28.5 Å². The standard InChI is InChI=1S/C39H36Cl2F2N6O3/c1-39(2,51)30-10-9-20(16-46-30)34-25-15-29(28-14-22(42)18-48(28)38(50)52-3)49(36-21-13-27(36)45-17-21)37(25)24-12-19(6-5-11-44)31(33(43)35(24)47-34)23-7-4-8-26(40)32(23)41/h4,7-10,12,15-16,21-22,27-28,36,45,51H,5-6,13-14,17-18H2,1-3H3/t21-,22+,27-,28-,36+/m1/s1. The molecule has 52 heavy (non-hydrogen) atoms. The van der Waals surface area contributed by atoms with Gasteiger partial charge in [-0.1, -0.05) is 35.3 Å². The number of pyridine rings is 2. The zero-order valence-electron chi connectivity index (χ0n) is 28.8. The molecule has 4 aliphatic rings. The summed E-state index contributed by atoms with van der Waals surface area (Å²) in [5.74, 6) is -0.357. The van der Waals surface area contributed by atoms with Crippen molar-refractivity contribution in [1.29, 1.82) is 5.26 Å². The lowest BCUT2D eigenvalue weighted by Crippen LogP contribution is -2.41. The minimum atomic E-state index is -1.26. The Morgan fingerprint density at radius 1 is 1.19 bits per heavy atom. The largest absolute Gasteiger partial charge is 0.453 e. The number of aromatic nitrogens is 3. The number of carbonyl (C=O) groups excluding carboxylic acids is 1. The summed E-state index contributed by atoms with van der Waals surface area (Å²) >= 11 is 13.1. The summed E-state index contributed by atoms with van der Waals surface area (Å²) in [7, 11) is 1.28. The molecule has 13 heteroatoms. The van der Waals surface area contributed by atoms with Crippen LogP contribution in [0.5, 0.6) is 0 Å². The quantitative estimate of drug-likeness (QED) is 0.172. The number of alkyl halides is 1. The number of carbonyl (C=O) groups is 1. The molecule has 268 valence electrons. The Hall–Kier alpha value is -4.34. The van der Waals surface area contributed by atoms with Crippen molar-refractivity contribution in [3.05, 3.63) is 81.5 Å². The van der Waals surface area contributed by atoms with Crippen LogP contribution in [-0.4, -0.2) is 63.0 Å². The SMILES string of the molecule is COC(=O)N1C[C@@H](F)C[C@@H]1c1cc2c(-c3ccc(C(C)(C)O)nc3)nc3c(F)c(-c4cccc(Cl)c4Cl)c(CCC#N)cc3c2n1[C@H]1[C@H]2CN[C@@H]1C2. The van der Waals surface area contributed by atoms with Crippen LogP contribution in [0.2, 0.25) is 10.0 Å². The molecule has 0 spiro atoms. The Morgan fingerprint density at radius 2 is 2.00 bits per heavy atom. The van der Waals surface area contributed by atoms with Crippen LogP contribution in [0.4, 0.5) is 13.6 Å². The van der Waals surface area contributed by atoms with Crippen molar-refractivity contribution in [2.24, 2.45) is 5.92 Å². The number of aliphatic hydroxyl groups is 1. The normalized spacial score (nSPS) is 22.6. The highest BCUT2D eigenvalue weighted by Gasteiger charge is 2.50. The first-order valence-electron chi connectivity index (χ1n) is 17.3. The number of methoxy groups -OCH3 is 1. The van der Waals surface area contributed by atoms with E-state index < -0.39 is 29.7 Å². The second-order valence-electron chi connectivity index (χ2n) is 14.5. The van der Waals surface area contributed by atoms with E-state index in [4.69, 9.17) is 32.9 Å². The minimum absolute atomic E-state index is 0.0486. The summed E-state index contributed by atoms with van der Waals surface area (Å²) in [6.45, 7) is 3.97. The molecule has 9 nitrogen and oxygen atoms in total. The van der Waals surface area contributed by atoms with Gasteiger partial charge in [-0.3, -0.25) is 9.88 Å². The molecule has 2 bridgehead atoms. The van der Waals surface area contributed by atoms with Crippen LogP contribution in [0.1, 0.15) is 62.1 Å². The fourth-order valence-electron chi connectivity index (χ4n) is 8.45. The van der Waals surface area contributed by atoms with Gasteiger partial charge in [0, 0.05) is 64.8 Å². The number of aryl methyl sites for hydroxylation is 1. The Kier molecular flexibility index (Phi) is 8.65. The van der Waals surface area contributed by atoms with Gasteiger partial charge in [-0.05, 0) is 68.5 Å². The number of halogens is 4. The number of nitriles is 1. The van der Waals surface area contributed by atoms with E-state index in [9.17, 15) is 15.2 Å². The summed E-state index contributed by atoms with van der Waals surface area (Å²) in [4.78, 5) is 24.1. The summed E-state index contributed by atoms with van der Waals surface area (Å²) in [5, 5.41) is 25.5. The molecule has 1 amide bonds. The van der Waals surface area contributed by atoms with Gasteiger partial charge in [0.15, 0.2) is 5.82 Å². The van der Waals surface area contributed by atoms with Crippen LogP contribution >= 0.6 is 23.2 Å². The number of nitrogens with zero attached hydrogens (tertiary/aromatic N) is 5. The molecule has 9 rings (SSSR count). The van der Waals surface area contributed by atoms with Gasteiger partial charge in [-0.2, -0.15) is 5.26 Å². The number of ether oxygens (including phenoxy) is 1. The molecule has 6 heterocycles. The van der Waals surface area contributed by atoms with E-state index in [1.807, 2.05) is 12.1 Å². The van der Waals surface area contributed by atoms with E-state index >= 15 is 8.78 Å². The van der Waals surface area contributed by atoms with Gasteiger partial charge in [0.2, 0.25) is 0 Å². The van der Waals surface area contributed by atoms with Gasteiger partial charge in [0.1, 0.15) is 17.3 Å². The number of benzene rings is 2. The summed E-state index contributed by atoms with van der Waals surface area (Å²) in [6, 6.07) is 14.0. The summed E-state index contributed by atoms with van der Waals surface area (Å²) < 4.78 is 40.1. The second kappa shape index (κ2) is 13.0. The number of amides is 1. The first-order valence-corrected chi connectivity index (χ1v) is 18.1. The monoisotopic (exact) mass is 744 g/mol. The third kappa shape index (κ3) is 5.50. The number of likely N-dealkylation sites (tertiary alicyclic amines) is 1. The molecule has 2 N–H and O–H groups in total. The maximum absolute atomic E-state index is 17.5. The van der Waals surface area contributed by atoms with Crippen LogP contribution in [0.15, 0.2) is 48.7 Å². The van der Waals surface area contributed by atoms with Crippen LogP contribution < -0.4 is 5.32 Å².